The Bertz CT molecular complexity index is 1620. The smallest absolute Gasteiger partial charge is 0.406 e. The highest BCUT2D eigenvalue weighted by atomic mass is 32.2. The average molecular weight is 623 g/mol. The third-order valence-electron chi connectivity index (χ3n) is 7.42. The quantitative estimate of drug-likeness (QED) is 0.228. The lowest BCUT2D eigenvalue weighted by molar-refractivity contribution is -0.274. The van der Waals surface area contributed by atoms with Crippen molar-refractivity contribution in [2.45, 2.75) is 52.4 Å². The van der Waals surface area contributed by atoms with Crippen molar-refractivity contribution in [2.75, 3.05) is 17.2 Å². The summed E-state index contributed by atoms with van der Waals surface area (Å²) in [6.45, 7) is 8.78. The number of hydrogen-bond donors (Lipinski definition) is 1. The predicted octanol–water partition coefficient (Wildman–Crippen LogP) is 7.65. The number of alkyl halides is 3. The van der Waals surface area contributed by atoms with E-state index in [9.17, 15) is 18.0 Å². The Morgan fingerprint density at radius 1 is 1.09 bits per heavy atom. The number of amidine groups is 1. The summed E-state index contributed by atoms with van der Waals surface area (Å²) in [5.41, 5.74) is 5.77. The minimum Gasteiger partial charge on any atom is -0.406 e. The fourth-order valence-electron chi connectivity index (χ4n) is 5.06. The summed E-state index contributed by atoms with van der Waals surface area (Å²) in [6.07, 6.45) is -2.24. The molecule has 5 rings (SSSR count). The zero-order valence-corrected chi connectivity index (χ0v) is 25.6. The topological polar surface area (TPSA) is 84.6 Å². The number of para-hydroxylation sites is 1. The van der Waals surface area contributed by atoms with E-state index in [2.05, 4.69) is 62.9 Å². The third kappa shape index (κ3) is 7.42. The third-order valence-corrected chi connectivity index (χ3v) is 8.40. The summed E-state index contributed by atoms with van der Waals surface area (Å²) >= 11 is 1.60. The molecule has 0 bridgehead atoms. The molecule has 0 saturated carbocycles. The maximum Gasteiger partial charge on any atom is 0.573 e. The number of carbonyl (C=O) groups excluding carboxylic acids is 1. The van der Waals surface area contributed by atoms with Crippen molar-refractivity contribution in [2.24, 2.45) is 4.99 Å². The Morgan fingerprint density at radius 3 is 2.43 bits per heavy atom. The Labute approximate surface area is 258 Å². The molecule has 0 aliphatic carbocycles. The van der Waals surface area contributed by atoms with Gasteiger partial charge in [-0.1, -0.05) is 61.2 Å². The van der Waals surface area contributed by atoms with Gasteiger partial charge < -0.3 is 15.0 Å². The van der Waals surface area contributed by atoms with Crippen LogP contribution in [0.15, 0.2) is 78.0 Å². The van der Waals surface area contributed by atoms with Crippen LogP contribution in [-0.2, 0) is 0 Å². The molecular formula is C32H33F3N6O2S. The number of aryl methyl sites for hydroxylation is 2. The highest BCUT2D eigenvalue weighted by Crippen LogP contribution is 2.34. The number of hydrogen-bond acceptors (Lipinski definition) is 5. The van der Waals surface area contributed by atoms with Crippen LogP contribution in [-0.4, -0.2) is 50.7 Å². The molecule has 4 aromatic rings. The lowest BCUT2D eigenvalue weighted by Gasteiger charge is -2.37. The number of aliphatic imine (C=N–C) groups is 1. The number of carbonyl (C=O) groups is 1. The SMILES string of the molecule is Cc1cccc(C)c1N1C(=NC(=O)NCC(C)c2ccc(-c3ncn(-c4ccc(OC(F)(F)F)cc4)n3)cc2)SCCC1C. The van der Waals surface area contributed by atoms with Gasteiger partial charge in [0.15, 0.2) is 11.0 Å². The predicted molar refractivity (Wildman–Crippen MR) is 168 cm³/mol. The summed E-state index contributed by atoms with van der Waals surface area (Å²) in [7, 11) is 0. The summed E-state index contributed by atoms with van der Waals surface area (Å²) < 4.78 is 42.7. The van der Waals surface area contributed by atoms with Crippen LogP contribution < -0.4 is 15.0 Å². The monoisotopic (exact) mass is 622 g/mol. The molecule has 2 atom stereocenters. The Hall–Kier alpha value is -4.32. The fraction of sp³-hybridized carbons (Fsp3) is 0.312. The van der Waals surface area contributed by atoms with Crippen molar-refractivity contribution in [1.29, 1.82) is 0 Å². The van der Waals surface area contributed by atoms with E-state index in [0.29, 0.717) is 23.2 Å². The van der Waals surface area contributed by atoms with Gasteiger partial charge in [-0.25, -0.2) is 14.5 Å². The molecule has 1 aromatic heterocycles. The number of rotatable bonds is 7. The Morgan fingerprint density at radius 2 is 1.77 bits per heavy atom. The van der Waals surface area contributed by atoms with Crippen LogP contribution in [0.2, 0.25) is 0 Å². The van der Waals surface area contributed by atoms with E-state index in [1.807, 2.05) is 37.3 Å². The Kier molecular flexibility index (Phi) is 9.28. The van der Waals surface area contributed by atoms with Gasteiger partial charge in [0.05, 0.1) is 5.69 Å². The number of aromatic nitrogens is 3. The molecule has 0 spiro atoms. The molecule has 8 nitrogen and oxygen atoms in total. The number of ether oxygens (including phenoxy) is 1. The second-order valence-corrected chi connectivity index (χ2v) is 11.8. The zero-order chi connectivity index (χ0) is 31.4. The maximum atomic E-state index is 12.9. The molecule has 44 heavy (non-hydrogen) atoms. The number of anilines is 1. The number of thioether (sulfide) groups is 1. The van der Waals surface area contributed by atoms with E-state index in [0.717, 1.165) is 40.1 Å². The first-order valence-corrected chi connectivity index (χ1v) is 15.2. The minimum absolute atomic E-state index is 0.0313. The largest absolute Gasteiger partial charge is 0.573 e. The maximum absolute atomic E-state index is 12.9. The van der Waals surface area contributed by atoms with Gasteiger partial charge in [-0.2, -0.15) is 4.99 Å². The number of urea groups is 1. The van der Waals surface area contributed by atoms with Crippen molar-refractivity contribution in [3.63, 3.8) is 0 Å². The van der Waals surface area contributed by atoms with E-state index in [-0.39, 0.29) is 23.7 Å². The molecule has 1 aliphatic heterocycles. The molecular weight excluding hydrogens is 589 g/mol. The average Bonchev–Trinajstić information content (AvgIpc) is 3.47. The molecule has 1 saturated heterocycles. The second-order valence-electron chi connectivity index (χ2n) is 10.8. The lowest BCUT2D eigenvalue weighted by atomic mass is 10.00. The summed E-state index contributed by atoms with van der Waals surface area (Å²) in [5.74, 6) is 1.10. The van der Waals surface area contributed by atoms with Crippen LogP contribution in [0.1, 0.15) is 42.9 Å². The van der Waals surface area contributed by atoms with Crippen LogP contribution >= 0.6 is 11.8 Å². The molecule has 12 heteroatoms. The minimum atomic E-state index is -4.75. The first kappa shape index (κ1) is 31.1. The fourth-order valence-corrected chi connectivity index (χ4v) is 6.26. The number of nitrogens with zero attached hydrogens (tertiary/aromatic N) is 5. The van der Waals surface area contributed by atoms with E-state index in [4.69, 9.17) is 0 Å². The second kappa shape index (κ2) is 13.1. The van der Waals surface area contributed by atoms with Crippen LogP contribution in [0.4, 0.5) is 23.7 Å². The van der Waals surface area contributed by atoms with E-state index in [1.54, 1.807) is 11.8 Å². The normalized spacial score (nSPS) is 17.0. The van der Waals surface area contributed by atoms with Crippen molar-refractivity contribution >= 4 is 28.6 Å². The van der Waals surface area contributed by atoms with Gasteiger partial charge in [-0.3, -0.25) is 0 Å². The molecule has 0 radical (unpaired) electrons. The highest BCUT2D eigenvalue weighted by molar-refractivity contribution is 8.14. The number of nitrogens with one attached hydrogen (secondary N) is 1. The van der Waals surface area contributed by atoms with Gasteiger partial charge >= 0.3 is 12.4 Å². The molecule has 2 amide bonds. The van der Waals surface area contributed by atoms with Gasteiger partial charge in [-0.05, 0) is 74.1 Å². The van der Waals surface area contributed by atoms with Gasteiger partial charge in [-0.15, -0.1) is 18.3 Å². The standard InChI is InChI=1S/C32H33F3N6O2S/c1-20-6-5-7-21(2)28(20)41-23(4)16-17-44-31(41)38-30(42)36-18-22(3)24-8-10-25(11-9-24)29-37-19-40(39-29)26-12-14-27(15-13-26)43-32(33,34)35/h5-15,19,22-23H,16-18H2,1-4H3,(H,36,42). The van der Waals surface area contributed by atoms with Crippen molar-refractivity contribution in [3.05, 3.63) is 89.7 Å². The van der Waals surface area contributed by atoms with Crippen molar-refractivity contribution < 1.29 is 22.7 Å². The van der Waals surface area contributed by atoms with Gasteiger partial charge in [0.1, 0.15) is 12.1 Å². The van der Waals surface area contributed by atoms with Gasteiger partial charge in [0, 0.05) is 29.6 Å². The van der Waals surface area contributed by atoms with Crippen molar-refractivity contribution in [1.82, 2.24) is 20.1 Å². The summed E-state index contributed by atoms with van der Waals surface area (Å²) in [5, 5.41) is 8.13. The molecule has 2 heterocycles. The highest BCUT2D eigenvalue weighted by Gasteiger charge is 2.31. The summed E-state index contributed by atoms with van der Waals surface area (Å²) in [6, 6.07) is 19.2. The number of amides is 2. The van der Waals surface area contributed by atoms with E-state index < -0.39 is 6.36 Å². The van der Waals surface area contributed by atoms with Gasteiger partial charge in [0.25, 0.3) is 0 Å². The van der Waals surface area contributed by atoms with Crippen molar-refractivity contribution in [3.8, 4) is 22.8 Å². The molecule has 3 aromatic carbocycles. The molecule has 230 valence electrons. The van der Waals surface area contributed by atoms with Crippen LogP contribution in [0.3, 0.4) is 0 Å². The molecule has 1 N–H and O–H groups in total. The van der Waals surface area contributed by atoms with Crippen LogP contribution in [0.5, 0.6) is 5.75 Å². The van der Waals surface area contributed by atoms with Crippen LogP contribution in [0.25, 0.3) is 17.1 Å². The lowest BCUT2D eigenvalue weighted by Crippen LogP contribution is -2.43. The molecule has 1 fully saturated rings. The number of halogens is 3. The van der Waals surface area contributed by atoms with Gasteiger partial charge in [0.2, 0.25) is 0 Å². The van der Waals surface area contributed by atoms with E-state index in [1.165, 1.54) is 35.3 Å². The zero-order valence-electron chi connectivity index (χ0n) is 24.8. The molecule has 2 unspecified atom stereocenters. The van der Waals surface area contributed by atoms with E-state index >= 15 is 0 Å². The summed E-state index contributed by atoms with van der Waals surface area (Å²) in [4.78, 5) is 23.9. The van der Waals surface area contributed by atoms with Crippen LogP contribution in [0, 0.1) is 13.8 Å². The number of benzene rings is 3. The first-order valence-electron chi connectivity index (χ1n) is 14.2. The first-order chi connectivity index (χ1) is 21.0. The molecule has 1 aliphatic rings. The Balaban J connectivity index is 1.20.